The Labute approximate surface area is 152 Å². The summed E-state index contributed by atoms with van der Waals surface area (Å²) in [6.45, 7) is 4.40. The summed E-state index contributed by atoms with van der Waals surface area (Å²) in [6, 6.07) is 4.00. The number of aliphatic imine (C=N–C) groups is 1. The third-order valence-electron chi connectivity index (χ3n) is 4.64. The minimum absolute atomic E-state index is 0.170. The lowest BCUT2D eigenvalue weighted by Gasteiger charge is -2.24. The van der Waals surface area contributed by atoms with E-state index in [2.05, 4.69) is 40.8 Å². The molecule has 3 rings (SSSR count). The summed E-state index contributed by atoms with van der Waals surface area (Å²) in [5.74, 6) is -0.312. The molecule has 1 aliphatic carbocycles. The van der Waals surface area contributed by atoms with Gasteiger partial charge >= 0.3 is 0 Å². The van der Waals surface area contributed by atoms with Crippen molar-refractivity contribution in [2.24, 2.45) is 4.99 Å². The van der Waals surface area contributed by atoms with Gasteiger partial charge < -0.3 is 10.6 Å². The van der Waals surface area contributed by atoms with Gasteiger partial charge in [-0.1, -0.05) is 0 Å². The third kappa shape index (κ3) is 4.20. The monoisotopic (exact) mass is 361 g/mol. The van der Waals surface area contributed by atoms with Gasteiger partial charge in [-0.3, -0.25) is 9.67 Å². The van der Waals surface area contributed by atoms with E-state index in [1.807, 2.05) is 4.68 Å². The Bertz CT molecular complexity index is 797. The molecule has 0 radical (unpaired) electrons. The third-order valence-corrected chi connectivity index (χ3v) is 4.64. The van der Waals surface area contributed by atoms with Crippen LogP contribution in [-0.4, -0.2) is 28.8 Å². The van der Waals surface area contributed by atoms with Crippen molar-refractivity contribution in [3.05, 3.63) is 52.9 Å². The largest absolute Gasteiger partial charge is 0.353 e. The number of hydrogen-bond donors (Lipinski definition) is 2. The van der Waals surface area contributed by atoms with E-state index in [0.717, 1.165) is 37.1 Å². The van der Waals surface area contributed by atoms with Crippen LogP contribution in [0.1, 0.15) is 43.1 Å². The van der Waals surface area contributed by atoms with E-state index in [0.29, 0.717) is 12.0 Å². The predicted octanol–water partition coefficient (Wildman–Crippen LogP) is 2.96. The van der Waals surface area contributed by atoms with Gasteiger partial charge in [0.25, 0.3) is 0 Å². The number of halogens is 2. The van der Waals surface area contributed by atoms with Crippen molar-refractivity contribution in [2.75, 3.05) is 7.05 Å². The predicted molar refractivity (Wildman–Crippen MR) is 98.1 cm³/mol. The molecule has 7 heteroatoms. The highest BCUT2D eigenvalue weighted by Crippen LogP contribution is 2.21. The van der Waals surface area contributed by atoms with Gasteiger partial charge in [0.05, 0.1) is 5.69 Å². The maximum atomic E-state index is 13.7. The van der Waals surface area contributed by atoms with Gasteiger partial charge in [0.15, 0.2) is 5.96 Å². The van der Waals surface area contributed by atoms with Crippen LogP contribution in [0.2, 0.25) is 0 Å². The molecule has 0 spiro atoms. The molecule has 1 aliphatic rings. The van der Waals surface area contributed by atoms with Crippen molar-refractivity contribution >= 4 is 5.96 Å². The first-order valence-electron chi connectivity index (χ1n) is 8.94. The second kappa shape index (κ2) is 7.85. The van der Waals surface area contributed by atoms with Crippen molar-refractivity contribution in [3.63, 3.8) is 0 Å². The van der Waals surface area contributed by atoms with Crippen LogP contribution in [-0.2, 0) is 19.4 Å². The van der Waals surface area contributed by atoms with Crippen LogP contribution >= 0.6 is 0 Å². The first-order chi connectivity index (χ1) is 12.5. The molecule has 0 saturated heterocycles. The molecular formula is C19H25F2N5. The number of nitrogens with one attached hydrogen (secondary N) is 2. The number of aryl methyl sites for hydroxylation is 1. The molecule has 0 saturated carbocycles. The Morgan fingerprint density at radius 3 is 2.92 bits per heavy atom. The van der Waals surface area contributed by atoms with Crippen LogP contribution in [0.5, 0.6) is 0 Å². The summed E-state index contributed by atoms with van der Waals surface area (Å²) in [6.07, 6.45) is 4.90. The van der Waals surface area contributed by atoms with Crippen LogP contribution in [0.4, 0.5) is 8.78 Å². The summed E-state index contributed by atoms with van der Waals surface area (Å²) in [7, 11) is 1.67. The van der Waals surface area contributed by atoms with Crippen molar-refractivity contribution in [3.8, 4) is 0 Å². The van der Waals surface area contributed by atoms with E-state index in [-0.39, 0.29) is 18.2 Å². The molecule has 1 aromatic carbocycles. The SMILES string of the molecule is CN=C(NCc1cc(F)ccc1F)NC1CCc2cn(C(C)C)nc2C1. The number of hydrogen-bond acceptors (Lipinski definition) is 2. The fourth-order valence-corrected chi connectivity index (χ4v) is 3.15. The summed E-state index contributed by atoms with van der Waals surface area (Å²) >= 11 is 0. The first-order valence-corrected chi connectivity index (χ1v) is 8.94. The number of fused-ring (bicyclic) bond motifs is 1. The van der Waals surface area contributed by atoms with Gasteiger partial charge in [-0.2, -0.15) is 5.10 Å². The van der Waals surface area contributed by atoms with E-state index >= 15 is 0 Å². The molecular weight excluding hydrogens is 336 g/mol. The van der Waals surface area contributed by atoms with Gasteiger partial charge in [0.2, 0.25) is 0 Å². The molecule has 1 atom stereocenters. The van der Waals surface area contributed by atoms with E-state index in [1.165, 1.54) is 11.6 Å². The van der Waals surface area contributed by atoms with Crippen LogP contribution in [0.3, 0.4) is 0 Å². The number of guanidine groups is 1. The van der Waals surface area contributed by atoms with Crippen molar-refractivity contribution < 1.29 is 8.78 Å². The van der Waals surface area contributed by atoms with Crippen molar-refractivity contribution in [2.45, 2.75) is 51.7 Å². The van der Waals surface area contributed by atoms with Crippen molar-refractivity contribution in [1.82, 2.24) is 20.4 Å². The van der Waals surface area contributed by atoms with E-state index in [1.54, 1.807) is 7.05 Å². The fraction of sp³-hybridized carbons (Fsp3) is 0.474. The van der Waals surface area contributed by atoms with Gasteiger partial charge in [-0.15, -0.1) is 0 Å². The van der Waals surface area contributed by atoms with E-state index in [4.69, 9.17) is 0 Å². The average molecular weight is 361 g/mol. The Morgan fingerprint density at radius 2 is 2.19 bits per heavy atom. The van der Waals surface area contributed by atoms with Crippen LogP contribution in [0.15, 0.2) is 29.4 Å². The second-order valence-electron chi connectivity index (χ2n) is 6.92. The average Bonchev–Trinajstić information content (AvgIpc) is 3.05. The van der Waals surface area contributed by atoms with Gasteiger partial charge in [-0.25, -0.2) is 8.78 Å². The minimum Gasteiger partial charge on any atom is -0.353 e. The van der Waals surface area contributed by atoms with Gasteiger partial charge in [0, 0.05) is 43.9 Å². The summed E-state index contributed by atoms with van der Waals surface area (Å²) in [5, 5.41) is 11.1. The van der Waals surface area contributed by atoms with Crippen molar-refractivity contribution in [1.29, 1.82) is 0 Å². The lowest BCUT2D eigenvalue weighted by atomic mass is 9.94. The molecule has 2 N–H and O–H groups in total. The molecule has 5 nitrogen and oxygen atoms in total. The summed E-state index contributed by atoms with van der Waals surface area (Å²) < 4.78 is 29.0. The zero-order valence-electron chi connectivity index (χ0n) is 15.4. The quantitative estimate of drug-likeness (QED) is 0.650. The fourth-order valence-electron chi connectivity index (χ4n) is 3.15. The molecule has 1 aromatic heterocycles. The van der Waals surface area contributed by atoms with Crippen LogP contribution < -0.4 is 10.6 Å². The van der Waals surface area contributed by atoms with Gasteiger partial charge in [-0.05, 0) is 50.5 Å². The zero-order chi connectivity index (χ0) is 18.7. The topological polar surface area (TPSA) is 54.2 Å². The highest BCUT2D eigenvalue weighted by Gasteiger charge is 2.23. The molecule has 0 aliphatic heterocycles. The molecule has 26 heavy (non-hydrogen) atoms. The number of benzene rings is 1. The Morgan fingerprint density at radius 1 is 1.38 bits per heavy atom. The standard InChI is InChI=1S/C19H25F2N5/c1-12(2)26-11-13-4-6-16(9-18(13)25-26)24-19(22-3)23-10-14-8-15(20)5-7-17(14)21/h5,7-8,11-12,16H,4,6,9-10H2,1-3H3,(H2,22,23,24). The lowest BCUT2D eigenvalue weighted by Crippen LogP contribution is -2.45. The molecule has 0 bridgehead atoms. The number of aromatic nitrogens is 2. The Balaban J connectivity index is 1.59. The second-order valence-corrected chi connectivity index (χ2v) is 6.92. The highest BCUT2D eigenvalue weighted by atomic mass is 19.1. The maximum absolute atomic E-state index is 13.7. The maximum Gasteiger partial charge on any atom is 0.191 e. The minimum atomic E-state index is -0.452. The lowest BCUT2D eigenvalue weighted by molar-refractivity contribution is 0.499. The molecule has 0 amide bonds. The first kappa shape index (κ1) is 18.4. The molecule has 140 valence electrons. The normalized spacial score (nSPS) is 17.3. The van der Waals surface area contributed by atoms with E-state index < -0.39 is 11.6 Å². The molecule has 1 heterocycles. The number of nitrogens with zero attached hydrogens (tertiary/aromatic N) is 3. The smallest absolute Gasteiger partial charge is 0.191 e. The highest BCUT2D eigenvalue weighted by molar-refractivity contribution is 5.80. The molecule has 2 aromatic rings. The summed E-state index contributed by atoms with van der Waals surface area (Å²) in [4.78, 5) is 4.19. The molecule has 1 unspecified atom stereocenters. The Kier molecular flexibility index (Phi) is 5.54. The van der Waals surface area contributed by atoms with Crippen LogP contribution in [0, 0.1) is 11.6 Å². The van der Waals surface area contributed by atoms with Gasteiger partial charge in [0.1, 0.15) is 11.6 Å². The van der Waals surface area contributed by atoms with E-state index in [9.17, 15) is 8.78 Å². The zero-order valence-corrected chi connectivity index (χ0v) is 15.4. The number of rotatable bonds is 4. The van der Waals surface area contributed by atoms with Crippen LogP contribution in [0.25, 0.3) is 0 Å². The Hall–Kier alpha value is -2.44. The molecule has 0 fully saturated rings. The summed E-state index contributed by atoms with van der Waals surface area (Å²) in [5.41, 5.74) is 2.70.